The zero-order valence-corrected chi connectivity index (χ0v) is 17.4. The second-order valence-electron chi connectivity index (χ2n) is 7.47. The fourth-order valence-electron chi connectivity index (χ4n) is 3.83. The molecule has 6 nitrogen and oxygen atoms in total. The quantitative estimate of drug-likeness (QED) is 0.457. The van der Waals surface area contributed by atoms with E-state index in [1.54, 1.807) is 0 Å². The molecule has 3 N–H and O–H groups in total. The van der Waals surface area contributed by atoms with E-state index in [2.05, 4.69) is 29.6 Å². The first kappa shape index (κ1) is 21.8. The van der Waals surface area contributed by atoms with E-state index in [0.717, 1.165) is 30.4 Å². The van der Waals surface area contributed by atoms with Crippen molar-refractivity contribution in [2.45, 2.75) is 44.6 Å². The summed E-state index contributed by atoms with van der Waals surface area (Å²) in [6.45, 7) is 3.01. The summed E-state index contributed by atoms with van der Waals surface area (Å²) in [6.07, 6.45) is 2.11. The largest absolute Gasteiger partial charge is 0.464 e. The number of nitrogens with two attached hydrogens (primary N) is 1. The monoisotopic (exact) mass is 410 g/mol. The van der Waals surface area contributed by atoms with Gasteiger partial charge in [0.25, 0.3) is 0 Å². The first-order chi connectivity index (χ1) is 14.7. The minimum Gasteiger partial charge on any atom is -0.464 e. The van der Waals surface area contributed by atoms with E-state index in [-0.39, 0.29) is 12.5 Å². The van der Waals surface area contributed by atoms with E-state index in [1.807, 2.05) is 31.2 Å². The minimum atomic E-state index is -0.723. The molecule has 2 aromatic carbocycles. The third kappa shape index (κ3) is 5.19. The Balaban J connectivity index is 1.63. The third-order valence-corrected chi connectivity index (χ3v) is 5.32. The van der Waals surface area contributed by atoms with Crippen LogP contribution in [0, 0.1) is 0 Å². The molecule has 2 aromatic rings. The van der Waals surface area contributed by atoms with Crippen molar-refractivity contribution in [3.63, 3.8) is 0 Å². The number of ether oxygens (including phenoxy) is 2. The number of rotatable bonds is 10. The number of nitrogens with one attached hydrogen (secondary N) is 1. The van der Waals surface area contributed by atoms with Crippen LogP contribution in [0.15, 0.2) is 48.5 Å². The van der Waals surface area contributed by atoms with Crippen molar-refractivity contribution in [1.29, 1.82) is 0 Å². The van der Waals surface area contributed by atoms with Crippen molar-refractivity contribution < 1.29 is 19.1 Å². The molecule has 0 radical (unpaired) electrons. The van der Waals surface area contributed by atoms with Crippen LogP contribution in [0.1, 0.15) is 49.7 Å². The van der Waals surface area contributed by atoms with E-state index >= 15 is 0 Å². The van der Waals surface area contributed by atoms with Crippen molar-refractivity contribution in [3.05, 3.63) is 59.7 Å². The Morgan fingerprint density at radius 2 is 1.63 bits per heavy atom. The lowest BCUT2D eigenvalue weighted by Crippen LogP contribution is -2.42. The number of hydrogen-bond donors (Lipinski definition) is 2. The van der Waals surface area contributed by atoms with E-state index in [1.165, 1.54) is 11.1 Å². The fourth-order valence-corrected chi connectivity index (χ4v) is 3.83. The van der Waals surface area contributed by atoms with Gasteiger partial charge in [0, 0.05) is 5.92 Å². The molecule has 0 spiro atoms. The van der Waals surface area contributed by atoms with Crippen LogP contribution >= 0.6 is 0 Å². The molecule has 1 amide bonds. The van der Waals surface area contributed by atoms with E-state index in [0.29, 0.717) is 19.6 Å². The Labute approximate surface area is 177 Å². The molecule has 0 bridgehead atoms. The standard InChI is InChI=1S/C24H30N2O4/c1-2-15-29-23(27)22(13-7-8-14-25)26-24(28)30-16-21-19-11-5-3-9-17(19)18-10-4-6-12-20(18)21/h3-6,9-12,21-22H,2,7-8,13-16,25H2,1H3,(H,26,28)/t22-/m0/s1. The first-order valence-corrected chi connectivity index (χ1v) is 10.6. The van der Waals surface area contributed by atoms with Gasteiger partial charge in [-0.1, -0.05) is 55.5 Å². The molecular weight excluding hydrogens is 380 g/mol. The third-order valence-electron chi connectivity index (χ3n) is 5.32. The molecule has 0 saturated heterocycles. The second kappa shape index (κ2) is 10.8. The molecule has 1 aliphatic rings. The van der Waals surface area contributed by atoms with Gasteiger partial charge in [-0.05, 0) is 54.5 Å². The highest BCUT2D eigenvalue weighted by Crippen LogP contribution is 2.44. The smallest absolute Gasteiger partial charge is 0.407 e. The normalized spacial score (nSPS) is 13.3. The zero-order chi connectivity index (χ0) is 21.3. The van der Waals surface area contributed by atoms with Crippen LogP contribution in [0.2, 0.25) is 0 Å². The molecule has 0 heterocycles. The van der Waals surface area contributed by atoms with Crippen LogP contribution in [-0.4, -0.2) is 37.9 Å². The maximum Gasteiger partial charge on any atom is 0.407 e. The first-order valence-electron chi connectivity index (χ1n) is 10.6. The second-order valence-corrected chi connectivity index (χ2v) is 7.47. The lowest BCUT2D eigenvalue weighted by molar-refractivity contribution is -0.146. The maximum absolute atomic E-state index is 12.5. The number of alkyl carbamates (subject to hydrolysis) is 1. The van der Waals surface area contributed by atoms with Crippen molar-refractivity contribution in [2.75, 3.05) is 19.8 Å². The minimum absolute atomic E-state index is 0.0223. The van der Waals surface area contributed by atoms with Gasteiger partial charge in [0.15, 0.2) is 0 Å². The summed E-state index contributed by atoms with van der Waals surface area (Å²) in [5.41, 5.74) is 10.2. The molecular formula is C24H30N2O4. The maximum atomic E-state index is 12.5. The SMILES string of the molecule is CCCOC(=O)[C@H](CCCCN)NC(=O)OCC1c2ccccc2-c2ccccc21. The Morgan fingerprint density at radius 3 is 2.23 bits per heavy atom. The van der Waals surface area contributed by atoms with Crippen molar-refractivity contribution in [1.82, 2.24) is 5.32 Å². The number of fused-ring (bicyclic) bond motifs is 3. The van der Waals surface area contributed by atoms with Gasteiger partial charge in [-0.15, -0.1) is 0 Å². The molecule has 0 fully saturated rings. The van der Waals surface area contributed by atoms with Gasteiger partial charge in [-0.25, -0.2) is 9.59 Å². The number of hydrogen-bond acceptors (Lipinski definition) is 5. The van der Waals surface area contributed by atoms with Crippen LogP contribution in [-0.2, 0) is 14.3 Å². The van der Waals surface area contributed by atoms with Gasteiger partial charge in [-0.3, -0.25) is 0 Å². The lowest BCUT2D eigenvalue weighted by atomic mass is 9.98. The van der Waals surface area contributed by atoms with Crippen LogP contribution in [0.3, 0.4) is 0 Å². The average Bonchev–Trinajstić information content (AvgIpc) is 3.09. The molecule has 6 heteroatoms. The average molecular weight is 411 g/mol. The van der Waals surface area contributed by atoms with Gasteiger partial charge < -0.3 is 20.5 Å². The molecule has 0 saturated carbocycles. The van der Waals surface area contributed by atoms with E-state index in [4.69, 9.17) is 15.2 Å². The summed E-state index contributed by atoms with van der Waals surface area (Å²) in [5.74, 6) is -0.451. The molecule has 0 aromatic heterocycles. The predicted octanol–water partition coefficient (Wildman–Crippen LogP) is 3.98. The van der Waals surface area contributed by atoms with Gasteiger partial charge in [0.05, 0.1) is 6.61 Å². The Hall–Kier alpha value is -2.86. The Bertz CT molecular complexity index is 822. The Kier molecular flexibility index (Phi) is 7.85. The highest BCUT2D eigenvalue weighted by Gasteiger charge is 2.30. The lowest BCUT2D eigenvalue weighted by Gasteiger charge is -2.19. The van der Waals surface area contributed by atoms with Gasteiger partial charge in [-0.2, -0.15) is 0 Å². The Morgan fingerprint density at radius 1 is 1.00 bits per heavy atom. The summed E-state index contributed by atoms with van der Waals surface area (Å²) in [7, 11) is 0. The molecule has 1 aliphatic carbocycles. The summed E-state index contributed by atoms with van der Waals surface area (Å²) in [5, 5.41) is 2.68. The van der Waals surface area contributed by atoms with Crippen LogP contribution < -0.4 is 11.1 Å². The number of benzene rings is 2. The van der Waals surface area contributed by atoms with Crippen LogP contribution in [0.5, 0.6) is 0 Å². The van der Waals surface area contributed by atoms with Crippen molar-refractivity contribution in [3.8, 4) is 11.1 Å². The number of carbonyl (C=O) groups excluding carboxylic acids is 2. The van der Waals surface area contributed by atoms with Crippen LogP contribution in [0.4, 0.5) is 4.79 Å². The van der Waals surface area contributed by atoms with E-state index in [9.17, 15) is 9.59 Å². The number of amides is 1. The molecule has 1 atom stereocenters. The topological polar surface area (TPSA) is 90.6 Å². The summed E-state index contributed by atoms with van der Waals surface area (Å²) in [6, 6.07) is 15.6. The predicted molar refractivity (Wildman–Crippen MR) is 116 cm³/mol. The number of carbonyl (C=O) groups is 2. The van der Waals surface area contributed by atoms with Crippen molar-refractivity contribution in [2.24, 2.45) is 5.73 Å². The molecule has 0 unspecified atom stereocenters. The molecule has 30 heavy (non-hydrogen) atoms. The summed E-state index contributed by atoms with van der Waals surface area (Å²) < 4.78 is 10.8. The fraction of sp³-hybridized carbons (Fsp3) is 0.417. The molecule has 0 aliphatic heterocycles. The van der Waals surface area contributed by atoms with Gasteiger partial charge >= 0.3 is 12.1 Å². The van der Waals surface area contributed by atoms with Crippen LogP contribution in [0.25, 0.3) is 11.1 Å². The van der Waals surface area contributed by atoms with Gasteiger partial charge in [0.1, 0.15) is 12.6 Å². The molecule has 160 valence electrons. The van der Waals surface area contributed by atoms with E-state index < -0.39 is 18.1 Å². The zero-order valence-electron chi connectivity index (χ0n) is 17.4. The summed E-state index contributed by atoms with van der Waals surface area (Å²) >= 11 is 0. The summed E-state index contributed by atoms with van der Waals surface area (Å²) in [4.78, 5) is 24.8. The highest BCUT2D eigenvalue weighted by atomic mass is 16.6. The van der Waals surface area contributed by atoms with Crippen molar-refractivity contribution >= 4 is 12.1 Å². The highest BCUT2D eigenvalue weighted by molar-refractivity contribution is 5.82. The molecule has 3 rings (SSSR count). The van der Waals surface area contributed by atoms with Gasteiger partial charge in [0.2, 0.25) is 0 Å². The number of unbranched alkanes of at least 4 members (excludes halogenated alkanes) is 1. The number of esters is 1.